The Morgan fingerprint density at radius 2 is 1.45 bits per heavy atom. The molecule has 0 aromatic heterocycles. The molecule has 0 fully saturated rings. The van der Waals surface area contributed by atoms with Gasteiger partial charge in [0.15, 0.2) is 0 Å². The van der Waals surface area contributed by atoms with E-state index in [0.29, 0.717) is 6.61 Å². The summed E-state index contributed by atoms with van der Waals surface area (Å²) in [4.78, 5) is 0. The van der Waals surface area contributed by atoms with E-state index in [0.717, 1.165) is 5.75 Å². The Kier molecular flexibility index (Phi) is 2.56. The van der Waals surface area contributed by atoms with Gasteiger partial charge in [-0.1, -0.05) is 60.7 Å². The molecule has 0 saturated carbocycles. The fourth-order valence-corrected chi connectivity index (χ4v) is 2.76. The second kappa shape index (κ2) is 4.53. The zero-order valence-electron chi connectivity index (χ0n) is 11.0. The molecule has 0 spiro atoms. The molecule has 0 atom stereocenters. The zero-order chi connectivity index (χ0) is 13.4. The SMILES string of the molecule is c1ccc(-c2ccc3c(c2)COc2ccccc2-3)cc1. The first-order valence-electron chi connectivity index (χ1n) is 6.82. The summed E-state index contributed by atoms with van der Waals surface area (Å²) in [5, 5.41) is 0. The number of fused-ring (bicyclic) bond motifs is 3. The molecule has 1 aliphatic heterocycles. The fraction of sp³-hybridized carbons (Fsp3) is 0.0526. The highest BCUT2D eigenvalue weighted by atomic mass is 16.5. The molecule has 20 heavy (non-hydrogen) atoms. The van der Waals surface area contributed by atoms with Crippen LogP contribution in [-0.2, 0) is 6.61 Å². The van der Waals surface area contributed by atoms with Crippen LogP contribution in [0.2, 0.25) is 0 Å². The number of benzene rings is 3. The summed E-state index contributed by atoms with van der Waals surface area (Å²) >= 11 is 0. The Bertz CT molecular complexity index is 760. The summed E-state index contributed by atoms with van der Waals surface area (Å²) in [5.41, 5.74) is 6.21. The van der Waals surface area contributed by atoms with Crippen molar-refractivity contribution >= 4 is 0 Å². The fourth-order valence-electron chi connectivity index (χ4n) is 2.76. The normalized spacial score (nSPS) is 12.2. The average molecular weight is 258 g/mol. The van der Waals surface area contributed by atoms with Crippen LogP contribution in [-0.4, -0.2) is 0 Å². The first kappa shape index (κ1) is 11.3. The highest BCUT2D eigenvalue weighted by Gasteiger charge is 2.16. The quantitative estimate of drug-likeness (QED) is 0.602. The van der Waals surface area contributed by atoms with Gasteiger partial charge >= 0.3 is 0 Å². The maximum Gasteiger partial charge on any atom is 0.127 e. The van der Waals surface area contributed by atoms with Crippen LogP contribution in [0.25, 0.3) is 22.3 Å². The molecule has 0 amide bonds. The van der Waals surface area contributed by atoms with Gasteiger partial charge in [-0.25, -0.2) is 0 Å². The van der Waals surface area contributed by atoms with Crippen LogP contribution in [0.3, 0.4) is 0 Å². The Hall–Kier alpha value is -2.54. The van der Waals surface area contributed by atoms with E-state index in [-0.39, 0.29) is 0 Å². The average Bonchev–Trinajstić information content (AvgIpc) is 2.55. The van der Waals surface area contributed by atoms with Crippen molar-refractivity contribution in [2.24, 2.45) is 0 Å². The van der Waals surface area contributed by atoms with Crippen molar-refractivity contribution in [3.05, 3.63) is 78.4 Å². The van der Waals surface area contributed by atoms with Crippen LogP contribution in [0, 0.1) is 0 Å². The van der Waals surface area contributed by atoms with Gasteiger partial charge in [0, 0.05) is 5.56 Å². The minimum absolute atomic E-state index is 0.646. The molecule has 0 N–H and O–H groups in total. The molecule has 0 unspecified atom stereocenters. The van der Waals surface area contributed by atoms with Gasteiger partial charge in [0.1, 0.15) is 12.4 Å². The van der Waals surface area contributed by atoms with Gasteiger partial charge in [0.2, 0.25) is 0 Å². The Morgan fingerprint density at radius 1 is 0.650 bits per heavy atom. The van der Waals surface area contributed by atoms with Crippen LogP contribution in [0.4, 0.5) is 0 Å². The number of rotatable bonds is 1. The van der Waals surface area contributed by atoms with Gasteiger partial charge in [0.25, 0.3) is 0 Å². The Morgan fingerprint density at radius 3 is 2.35 bits per heavy atom. The highest BCUT2D eigenvalue weighted by molar-refractivity contribution is 5.78. The highest BCUT2D eigenvalue weighted by Crippen LogP contribution is 2.38. The van der Waals surface area contributed by atoms with Crippen molar-refractivity contribution in [2.75, 3.05) is 0 Å². The van der Waals surface area contributed by atoms with Crippen LogP contribution in [0.15, 0.2) is 72.8 Å². The predicted molar refractivity (Wildman–Crippen MR) is 81.6 cm³/mol. The minimum atomic E-state index is 0.646. The first-order chi connectivity index (χ1) is 9.92. The molecule has 1 aliphatic rings. The van der Waals surface area contributed by atoms with Crippen LogP contribution < -0.4 is 4.74 Å². The van der Waals surface area contributed by atoms with E-state index in [1.165, 1.54) is 27.8 Å². The maximum absolute atomic E-state index is 5.84. The lowest BCUT2D eigenvalue weighted by molar-refractivity contribution is 0.302. The molecule has 3 aromatic rings. The Balaban J connectivity index is 1.85. The van der Waals surface area contributed by atoms with Crippen molar-refractivity contribution in [3.8, 4) is 28.0 Å². The largest absolute Gasteiger partial charge is 0.488 e. The van der Waals surface area contributed by atoms with Crippen molar-refractivity contribution < 1.29 is 4.74 Å². The lowest BCUT2D eigenvalue weighted by Crippen LogP contribution is -2.05. The number of hydrogen-bond acceptors (Lipinski definition) is 1. The summed E-state index contributed by atoms with van der Waals surface area (Å²) < 4.78 is 5.84. The van der Waals surface area contributed by atoms with E-state index in [1.54, 1.807) is 0 Å². The van der Waals surface area contributed by atoms with Crippen molar-refractivity contribution in [3.63, 3.8) is 0 Å². The topological polar surface area (TPSA) is 9.23 Å². The van der Waals surface area contributed by atoms with E-state index < -0.39 is 0 Å². The molecule has 1 heteroatoms. The predicted octanol–water partition coefficient (Wildman–Crippen LogP) is 4.91. The molecular weight excluding hydrogens is 244 g/mol. The number of hydrogen-bond donors (Lipinski definition) is 0. The van der Waals surface area contributed by atoms with E-state index in [2.05, 4.69) is 54.6 Å². The third-order valence-electron chi connectivity index (χ3n) is 3.77. The molecule has 0 aliphatic carbocycles. The summed E-state index contributed by atoms with van der Waals surface area (Å²) in [6.45, 7) is 0.646. The summed E-state index contributed by atoms with van der Waals surface area (Å²) in [6, 6.07) is 25.3. The van der Waals surface area contributed by atoms with Gasteiger partial charge in [0.05, 0.1) is 0 Å². The molecule has 1 heterocycles. The molecule has 0 bridgehead atoms. The van der Waals surface area contributed by atoms with Gasteiger partial charge in [-0.05, 0) is 34.4 Å². The summed E-state index contributed by atoms with van der Waals surface area (Å²) in [6.07, 6.45) is 0. The van der Waals surface area contributed by atoms with Crippen molar-refractivity contribution in [1.29, 1.82) is 0 Å². The molecule has 4 rings (SSSR count). The monoisotopic (exact) mass is 258 g/mol. The van der Waals surface area contributed by atoms with Crippen LogP contribution in [0.5, 0.6) is 5.75 Å². The summed E-state index contributed by atoms with van der Waals surface area (Å²) in [5.74, 6) is 0.979. The van der Waals surface area contributed by atoms with Gasteiger partial charge < -0.3 is 4.74 Å². The molecule has 0 saturated heterocycles. The number of ether oxygens (including phenoxy) is 1. The van der Waals surface area contributed by atoms with E-state index in [9.17, 15) is 0 Å². The smallest absolute Gasteiger partial charge is 0.127 e. The van der Waals surface area contributed by atoms with Crippen LogP contribution in [0.1, 0.15) is 5.56 Å². The second-order valence-electron chi connectivity index (χ2n) is 5.02. The molecule has 0 radical (unpaired) electrons. The third-order valence-corrected chi connectivity index (χ3v) is 3.77. The van der Waals surface area contributed by atoms with Gasteiger partial charge in [-0.3, -0.25) is 0 Å². The lowest BCUT2D eigenvalue weighted by atomic mass is 9.93. The van der Waals surface area contributed by atoms with E-state index in [4.69, 9.17) is 4.74 Å². The zero-order valence-corrected chi connectivity index (χ0v) is 11.0. The molecule has 1 nitrogen and oxygen atoms in total. The maximum atomic E-state index is 5.84. The Labute approximate surface area is 118 Å². The van der Waals surface area contributed by atoms with Crippen LogP contribution >= 0.6 is 0 Å². The van der Waals surface area contributed by atoms with Crippen molar-refractivity contribution in [2.45, 2.75) is 6.61 Å². The molecule has 96 valence electrons. The van der Waals surface area contributed by atoms with E-state index >= 15 is 0 Å². The van der Waals surface area contributed by atoms with Crippen molar-refractivity contribution in [1.82, 2.24) is 0 Å². The summed E-state index contributed by atoms with van der Waals surface area (Å²) in [7, 11) is 0. The second-order valence-corrected chi connectivity index (χ2v) is 5.02. The van der Waals surface area contributed by atoms with E-state index in [1.807, 2.05) is 18.2 Å². The first-order valence-corrected chi connectivity index (χ1v) is 6.82. The van der Waals surface area contributed by atoms with Gasteiger partial charge in [-0.2, -0.15) is 0 Å². The third kappa shape index (κ3) is 1.79. The molecular formula is C19H14O. The minimum Gasteiger partial charge on any atom is -0.488 e. The standard InChI is InChI=1S/C19H14O/c1-2-6-14(7-3-1)15-10-11-17-16(12-15)13-20-19-9-5-4-8-18(17)19/h1-12H,13H2. The number of para-hydroxylation sites is 1. The van der Waals surface area contributed by atoms with Gasteiger partial charge in [-0.15, -0.1) is 0 Å². The molecule has 3 aromatic carbocycles. The lowest BCUT2D eigenvalue weighted by Gasteiger charge is -2.21.